The van der Waals surface area contributed by atoms with E-state index in [-0.39, 0.29) is 5.92 Å². The zero-order valence-corrected chi connectivity index (χ0v) is 12.1. The number of anilines is 2. The van der Waals surface area contributed by atoms with Gasteiger partial charge in [-0.25, -0.2) is 20.8 Å². The molecule has 0 aliphatic heterocycles. The van der Waals surface area contributed by atoms with Crippen LogP contribution in [0.4, 0.5) is 11.6 Å². The number of rotatable bonds is 6. The van der Waals surface area contributed by atoms with E-state index in [9.17, 15) is 0 Å². The van der Waals surface area contributed by atoms with Gasteiger partial charge in [0.15, 0.2) is 0 Å². The van der Waals surface area contributed by atoms with Crippen molar-refractivity contribution < 1.29 is 0 Å². The maximum atomic E-state index is 5.50. The zero-order chi connectivity index (χ0) is 14.5. The third-order valence-corrected chi connectivity index (χ3v) is 3.16. The Morgan fingerprint density at radius 2 is 2.00 bits per heavy atom. The first-order valence-electron chi connectivity index (χ1n) is 6.65. The Morgan fingerprint density at radius 3 is 2.60 bits per heavy atom. The van der Waals surface area contributed by atoms with Crippen LogP contribution in [-0.2, 0) is 13.5 Å². The van der Waals surface area contributed by atoms with E-state index in [1.54, 1.807) is 6.20 Å². The van der Waals surface area contributed by atoms with Crippen molar-refractivity contribution in [2.45, 2.75) is 26.2 Å². The quantitative estimate of drug-likeness (QED) is 0.543. The first-order chi connectivity index (χ1) is 9.63. The minimum absolute atomic E-state index is 0.276. The molecular weight excluding hydrogens is 254 g/mol. The smallest absolute Gasteiger partial charge is 0.148 e. The molecule has 7 heteroatoms. The lowest BCUT2D eigenvalue weighted by molar-refractivity contribution is 0.784. The minimum atomic E-state index is 0.276. The highest BCUT2D eigenvalue weighted by molar-refractivity contribution is 5.58. The Labute approximate surface area is 118 Å². The second-order valence-corrected chi connectivity index (χ2v) is 4.91. The summed E-state index contributed by atoms with van der Waals surface area (Å²) in [6.45, 7) is 4.93. The molecule has 0 amide bonds. The molecule has 7 nitrogen and oxygen atoms in total. The van der Waals surface area contributed by atoms with Gasteiger partial charge in [-0.1, -0.05) is 13.8 Å². The van der Waals surface area contributed by atoms with E-state index in [0.29, 0.717) is 5.82 Å². The highest BCUT2D eigenvalue weighted by Gasteiger charge is 2.14. The summed E-state index contributed by atoms with van der Waals surface area (Å²) in [6.07, 6.45) is 6.08. The molecule has 0 aliphatic carbocycles. The third kappa shape index (κ3) is 3.05. The molecule has 2 aromatic rings. The summed E-state index contributed by atoms with van der Waals surface area (Å²) < 4.78 is 2.01. The maximum absolute atomic E-state index is 5.50. The molecule has 0 aromatic carbocycles. The number of nitrogens with one attached hydrogen (secondary N) is 2. The first kappa shape index (κ1) is 14.3. The van der Waals surface area contributed by atoms with E-state index in [4.69, 9.17) is 5.84 Å². The van der Waals surface area contributed by atoms with Crippen molar-refractivity contribution in [3.8, 4) is 0 Å². The number of nitrogen functional groups attached to an aromatic ring is 1. The van der Waals surface area contributed by atoms with Crippen LogP contribution in [0.3, 0.4) is 0 Å². The summed E-state index contributed by atoms with van der Waals surface area (Å²) >= 11 is 0. The van der Waals surface area contributed by atoms with Gasteiger partial charge in [0.05, 0.1) is 0 Å². The van der Waals surface area contributed by atoms with Gasteiger partial charge in [-0.05, 0) is 5.92 Å². The van der Waals surface area contributed by atoms with Crippen LogP contribution in [0.25, 0.3) is 0 Å². The van der Waals surface area contributed by atoms with E-state index in [0.717, 1.165) is 30.2 Å². The first-order valence-corrected chi connectivity index (χ1v) is 6.65. The van der Waals surface area contributed by atoms with Crippen molar-refractivity contribution in [2.24, 2.45) is 12.9 Å². The molecule has 2 heterocycles. The number of nitrogens with two attached hydrogens (primary N) is 1. The Balaban J connectivity index is 2.07. The van der Waals surface area contributed by atoms with Crippen molar-refractivity contribution in [3.63, 3.8) is 0 Å². The van der Waals surface area contributed by atoms with Gasteiger partial charge in [0.25, 0.3) is 0 Å². The van der Waals surface area contributed by atoms with E-state index < -0.39 is 0 Å². The second kappa shape index (κ2) is 6.33. The van der Waals surface area contributed by atoms with Gasteiger partial charge in [0.2, 0.25) is 0 Å². The molecule has 0 unspecified atom stereocenters. The lowest BCUT2D eigenvalue weighted by Gasteiger charge is -2.16. The highest BCUT2D eigenvalue weighted by atomic mass is 15.3. The predicted octanol–water partition coefficient (Wildman–Crippen LogP) is 1.27. The molecule has 0 saturated carbocycles. The Kier molecular flexibility index (Phi) is 4.52. The summed E-state index contributed by atoms with van der Waals surface area (Å²) in [5.41, 5.74) is 3.62. The van der Waals surface area contributed by atoms with Crippen molar-refractivity contribution in [2.75, 3.05) is 17.3 Å². The molecule has 0 spiro atoms. The molecule has 2 rings (SSSR count). The summed E-state index contributed by atoms with van der Waals surface area (Å²) in [5.74, 6) is 8.29. The van der Waals surface area contributed by atoms with Gasteiger partial charge in [0.1, 0.15) is 23.8 Å². The highest BCUT2D eigenvalue weighted by Crippen LogP contribution is 2.27. The molecule has 0 bridgehead atoms. The summed E-state index contributed by atoms with van der Waals surface area (Å²) in [4.78, 5) is 12.7. The van der Waals surface area contributed by atoms with Gasteiger partial charge in [0, 0.05) is 38.0 Å². The zero-order valence-electron chi connectivity index (χ0n) is 12.1. The van der Waals surface area contributed by atoms with Crippen LogP contribution in [0.2, 0.25) is 0 Å². The number of hydrogen-bond donors (Lipinski definition) is 3. The maximum Gasteiger partial charge on any atom is 0.148 e. The molecule has 20 heavy (non-hydrogen) atoms. The number of aromatic nitrogens is 4. The van der Waals surface area contributed by atoms with Crippen LogP contribution in [0.5, 0.6) is 0 Å². The van der Waals surface area contributed by atoms with E-state index in [1.807, 2.05) is 17.8 Å². The van der Waals surface area contributed by atoms with Crippen molar-refractivity contribution >= 4 is 11.6 Å². The molecular formula is C13H21N7. The number of aryl methyl sites for hydroxylation is 1. The summed E-state index contributed by atoms with van der Waals surface area (Å²) in [7, 11) is 1.99. The van der Waals surface area contributed by atoms with Crippen LogP contribution in [0.1, 0.15) is 31.2 Å². The number of hydrazine groups is 1. The van der Waals surface area contributed by atoms with Gasteiger partial charge >= 0.3 is 0 Å². The van der Waals surface area contributed by atoms with Crippen LogP contribution in [-0.4, -0.2) is 26.1 Å². The Bertz CT molecular complexity index is 562. The van der Waals surface area contributed by atoms with Gasteiger partial charge in [-0.15, -0.1) is 0 Å². The summed E-state index contributed by atoms with van der Waals surface area (Å²) in [5, 5.41) is 3.33. The average Bonchev–Trinajstić information content (AvgIpc) is 2.84. The van der Waals surface area contributed by atoms with Crippen molar-refractivity contribution in [1.29, 1.82) is 0 Å². The summed E-state index contributed by atoms with van der Waals surface area (Å²) in [6, 6.07) is 0. The standard InChI is InChI=1S/C13H21N7/c1-9(2)11-12(17-8-18-13(11)19-14)16-5-4-10-15-6-7-20(10)3/h6-9H,4-5,14H2,1-3H3,(H2,16,17,18,19). The van der Waals surface area contributed by atoms with Gasteiger partial charge in [-0.2, -0.15) is 0 Å². The van der Waals surface area contributed by atoms with E-state index in [1.165, 1.54) is 6.33 Å². The third-order valence-electron chi connectivity index (χ3n) is 3.16. The molecule has 108 valence electrons. The van der Waals surface area contributed by atoms with Crippen LogP contribution >= 0.6 is 0 Å². The fourth-order valence-corrected chi connectivity index (χ4v) is 2.13. The minimum Gasteiger partial charge on any atom is -0.369 e. The molecule has 0 radical (unpaired) electrons. The molecule has 0 fully saturated rings. The number of hydrogen-bond acceptors (Lipinski definition) is 6. The predicted molar refractivity (Wildman–Crippen MR) is 79.3 cm³/mol. The van der Waals surface area contributed by atoms with Gasteiger partial charge < -0.3 is 15.3 Å². The number of nitrogens with zero attached hydrogens (tertiary/aromatic N) is 4. The Hall–Kier alpha value is -2.15. The monoisotopic (exact) mass is 275 g/mol. The van der Waals surface area contributed by atoms with Gasteiger partial charge in [-0.3, -0.25) is 0 Å². The molecule has 2 aromatic heterocycles. The number of imidazole rings is 1. The Morgan fingerprint density at radius 1 is 1.25 bits per heavy atom. The topological polar surface area (TPSA) is 93.7 Å². The lowest BCUT2D eigenvalue weighted by atomic mass is 10.0. The largest absolute Gasteiger partial charge is 0.369 e. The fourth-order valence-electron chi connectivity index (χ4n) is 2.13. The van der Waals surface area contributed by atoms with E-state index in [2.05, 4.69) is 39.5 Å². The second-order valence-electron chi connectivity index (χ2n) is 4.91. The molecule has 0 saturated heterocycles. The van der Waals surface area contributed by atoms with E-state index >= 15 is 0 Å². The van der Waals surface area contributed by atoms with Crippen LogP contribution in [0, 0.1) is 0 Å². The molecule has 0 atom stereocenters. The van der Waals surface area contributed by atoms with Crippen LogP contribution < -0.4 is 16.6 Å². The fraction of sp³-hybridized carbons (Fsp3) is 0.462. The molecule has 4 N–H and O–H groups in total. The van der Waals surface area contributed by atoms with Crippen molar-refractivity contribution in [1.82, 2.24) is 19.5 Å². The lowest BCUT2D eigenvalue weighted by Crippen LogP contribution is -2.16. The molecule has 0 aliphatic rings. The SMILES string of the molecule is CC(C)c1c(NN)ncnc1NCCc1nccn1C. The van der Waals surface area contributed by atoms with Crippen molar-refractivity contribution in [3.05, 3.63) is 30.1 Å². The van der Waals surface area contributed by atoms with Crippen LogP contribution in [0.15, 0.2) is 18.7 Å². The normalized spacial score (nSPS) is 10.8. The average molecular weight is 275 g/mol.